The number of ether oxygens (including phenoxy) is 2. The van der Waals surface area contributed by atoms with Crippen molar-refractivity contribution in [1.82, 2.24) is 10.2 Å². The Bertz CT molecular complexity index is 858. The van der Waals surface area contributed by atoms with Gasteiger partial charge in [0.25, 0.3) is 11.8 Å². The summed E-state index contributed by atoms with van der Waals surface area (Å²) in [5.41, 5.74) is 0. The molecule has 0 radical (unpaired) electrons. The third-order valence-electron chi connectivity index (χ3n) is 4.93. The Morgan fingerprint density at radius 1 is 0.967 bits per heavy atom. The molecule has 30 heavy (non-hydrogen) atoms. The van der Waals surface area contributed by atoms with Crippen LogP contribution in [-0.4, -0.2) is 49.1 Å². The van der Waals surface area contributed by atoms with E-state index in [1.54, 1.807) is 53.4 Å². The van der Waals surface area contributed by atoms with Crippen LogP contribution in [0.3, 0.4) is 0 Å². The number of hydrogen-bond donors (Lipinski definition) is 1. The summed E-state index contributed by atoms with van der Waals surface area (Å²) in [6.07, 6.45) is 0.824. The molecule has 2 unspecified atom stereocenters. The summed E-state index contributed by atoms with van der Waals surface area (Å²) in [5, 5.41) is 4.10. The Morgan fingerprint density at radius 2 is 1.50 bits per heavy atom. The van der Waals surface area contributed by atoms with Gasteiger partial charge in [-0.2, -0.15) is 0 Å². The molecule has 0 spiro atoms. The van der Waals surface area contributed by atoms with Gasteiger partial charge in [0.2, 0.25) is 0 Å². The lowest BCUT2D eigenvalue weighted by Gasteiger charge is -2.21. The van der Waals surface area contributed by atoms with Gasteiger partial charge in [0.15, 0.2) is 13.2 Å². The summed E-state index contributed by atoms with van der Waals surface area (Å²) in [5.74, 6) is 1.11. The smallest absolute Gasteiger partial charge is 0.260 e. The van der Waals surface area contributed by atoms with Gasteiger partial charge in [-0.25, -0.2) is 0 Å². The van der Waals surface area contributed by atoms with Crippen LogP contribution in [0.5, 0.6) is 11.5 Å². The van der Waals surface area contributed by atoms with Crippen LogP contribution < -0.4 is 14.8 Å². The number of benzene rings is 2. The number of halogens is 2. The third kappa shape index (κ3) is 6.54. The second-order valence-electron chi connectivity index (χ2n) is 7.29. The van der Waals surface area contributed by atoms with Crippen molar-refractivity contribution < 1.29 is 19.1 Å². The van der Waals surface area contributed by atoms with E-state index in [1.165, 1.54) is 0 Å². The molecule has 0 bridgehead atoms. The van der Waals surface area contributed by atoms with Crippen molar-refractivity contribution >= 4 is 35.0 Å². The van der Waals surface area contributed by atoms with Crippen LogP contribution in [0.1, 0.15) is 13.3 Å². The first-order valence-corrected chi connectivity index (χ1v) is 10.5. The summed E-state index contributed by atoms with van der Waals surface area (Å²) < 4.78 is 11.0. The van der Waals surface area contributed by atoms with E-state index in [-0.39, 0.29) is 37.0 Å². The van der Waals surface area contributed by atoms with E-state index in [2.05, 4.69) is 5.32 Å². The van der Waals surface area contributed by atoms with Gasteiger partial charge in [0.1, 0.15) is 11.5 Å². The molecule has 1 aliphatic heterocycles. The number of hydrogen-bond acceptors (Lipinski definition) is 4. The van der Waals surface area contributed by atoms with E-state index in [0.717, 1.165) is 6.42 Å². The van der Waals surface area contributed by atoms with Crippen molar-refractivity contribution in [3.8, 4) is 11.5 Å². The maximum Gasteiger partial charge on any atom is 0.260 e. The SMILES string of the molecule is CC1CC(CNC(=O)COc2ccc(Cl)cc2)CN1C(=O)COc1ccc(Cl)cc1. The highest BCUT2D eigenvalue weighted by Gasteiger charge is 2.32. The van der Waals surface area contributed by atoms with Crippen LogP contribution in [-0.2, 0) is 9.59 Å². The number of amides is 2. The Morgan fingerprint density at radius 3 is 2.07 bits per heavy atom. The van der Waals surface area contributed by atoms with Crippen molar-refractivity contribution in [2.24, 2.45) is 5.92 Å². The minimum Gasteiger partial charge on any atom is -0.484 e. The van der Waals surface area contributed by atoms with Gasteiger partial charge in [-0.05, 0) is 67.8 Å². The molecule has 2 atom stereocenters. The third-order valence-corrected chi connectivity index (χ3v) is 5.43. The summed E-state index contributed by atoms with van der Waals surface area (Å²) in [4.78, 5) is 26.4. The summed E-state index contributed by atoms with van der Waals surface area (Å²) in [7, 11) is 0. The van der Waals surface area contributed by atoms with Gasteiger partial charge in [-0.15, -0.1) is 0 Å². The fourth-order valence-electron chi connectivity index (χ4n) is 3.39. The first-order valence-electron chi connectivity index (χ1n) is 9.73. The summed E-state index contributed by atoms with van der Waals surface area (Å²) in [6.45, 7) is 2.99. The molecule has 3 rings (SSSR count). The molecule has 1 fully saturated rings. The molecule has 0 saturated carbocycles. The zero-order chi connectivity index (χ0) is 21.5. The van der Waals surface area contributed by atoms with E-state index < -0.39 is 0 Å². The molecule has 1 heterocycles. The second kappa shape index (κ2) is 10.5. The van der Waals surface area contributed by atoms with Crippen molar-refractivity contribution in [3.05, 3.63) is 58.6 Å². The van der Waals surface area contributed by atoms with Crippen LogP contribution in [0, 0.1) is 5.92 Å². The zero-order valence-corrected chi connectivity index (χ0v) is 18.2. The molecule has 2 aromatic carbocycles. The maximum absolute atomic E-state index is 12.5. The number of carbonyl (C=O) groups is 2. The van der Waals surface area contributed by atoms with E-state index >= 15 is 0 Å². The number of nitrogens with one attached hydrogen (secondary N) is 1. The molecule has 2 amide bonds. The lowest BCUT2D eigenvalue weighted by molar-refractivity contribution is -0.134. The van der Waals surface area contributed by atoms with Crippen LogP contribution in [0.2, 0.25) is 10.0 Å². The highest BCUT2D eigenvalue weighted by Crippen LogP contribution is 2.23. The van der Waals surface area contributed by atoms with Gasteiger partial charge in [0.05, 0.1) is 0 Å². The topological polar surface area (TPSA) is 67.9 Å². The monoisotopic (exact) mass is 450 g/mol. The molecule has 6 nitrogen and oxygen atoms in total. The molecule has 160 valence electrons. The first kappa shape index (κ1) is 22.2. The average Bonchev–Trinajstić information content (AvgIpc) is 3.12. The van der Waals surface area contributed by atoms with Crippen LogP contribution in [0.25, 0.3) is 0 Å². The zero-order valence-electron chi connectivity index (χ0n) is 16.6. The Balaban J connectivity index is 1.38. The minimum atomic E-state index is -0.201. The largest absolute Gasteiger partial charge is 0.484 e. The fraction of sp³-hybridized carbons (Fsp3) is 0.364. The fourth-order valence-corrected chi connectivity index (χ4v) is 3.64. The van der Waals surface area contributed by atoms with Crippen LogP contribution >= 0.6 is 23.2 Å². The highest BCUT2D eigenvalue weighted by molar-refractivity contribution is 6.30. The molecule has 1 aliphatic rings. The van der Waals surface area contributed by atoms with Crippen molar-refractivity contribution in [3.63, 3.8) is 0 Å². The molecule has 0 aromatic heterocycles. The lowest BCUT2D eigenvalue weighted by Crippen LogP contribution is -2.38. The molecule has 2 aromatic rings. The maximum atomic E-state index is 12.5. The molecule has 8 heteroatoms. The highest BCUT2D eigenvalue weighted by atomic mass is 35.5. The van der Waals surface area contributed by atoms with Gasteiger partial charge in [-0.3, -0.25) is 9.59 Å². The van der Waals surface area contributed by atoms with Crippen LogP contribution in [0.4, 0.5) is 0 Å². The minimum absolute atomic E-state index is 0.0278. The molecule has 0 aliphatic carbocycles. The average molecular weight is 451 g/mol. The predicted molar refractivity (Wildman–Crippen MR) is 116 cm³/mol. The van der Waals surface area contributed by atoms with Gasteiger partial charge in [-0.1, -0.05) is 23.2 Å². The summed E-state index contributed by atoms with van der Waals surface area (Å²) in [6, 6.07) is 13.8. The van der Waals surface area contributed by atoms with Gasteiger partial charge in [0, 0.05) is 29.2 Å². The molecule has 1 N–H and O–H groups in total. The molecule has 1 saturated heterocycles. The van der Waals surface area contributed by atoms with E-state index in [4.69, 9.17) is 32.7 Å². The van der Waals surface area contributed by atoms with Gasteiger partial charge < -0.3 is 19.7 Å². The number of nitrogens with zero attached hydrogens (tertiary/aromatic N) is 1. The lowest BCUT2D eigenvalue weighted by atomic mass is 10.1. The quantitative estimate of drug-likeness (QED) is 0.663. The number of rotatable bonds is 8. The molecular weight excluding hydrogens is 427 g/mol. The van der Waals surface area contributed by atoms with Crippen molar-refractivity contribution in [1.29, 1.82) is 0 Å². The van der Waals surface area contributed by atoms with Gasteiger partial charge >= 0.3 is 0 Å². The Labute approximate surface area is 186 Å². The number of likely N-dealkylation sites (tertiary alicyclic amines) is 1. The van der Waals surface area contributed by atoms with E-state index in [0.29, 0.717) is 34.6 Å². The molecular formula is C22H24Cl2N2O4. The van der Waals surface area contributed by atoms with Crippen LogP contribution in [0.15, 0.2) is 48.5 Å². The number of carbonyl (C=O) groups excluding carboxylic acids is 2. The van der Waals surface area contributed by atoms with Crippen molar-refractivity contribution in [2.75, 3.05) is 26.3 Å². The normalized spacial score (nSPS) is 18.2. The Kier molecular flexibility index (Phi) is 7.82. The van der Waals surface area contributed by atoms with E-state index in [1.807, 2.05) is 6.92 Å². The Hall–Kier alpha value is -2.44. The van der Waals surface area contributed by atoms with Crippen molar-refractivity contribution in [2.45, 2.75) is 19.4 Å². The van der Waals surface area contributed by atoms with E-state index in [9.17, 15) is 9.59 Å². The predicted octanol–water partition coefficient (Wildman–Crippen LogP) is 3.80. The summed E-state index contributed by atoms with van der Waals surface area (Å²) >= 11 is 11.7. The second-order valence-corrected chi connectivity index (χ2v) is 8.16. The standard InChI is InChI=1S/C22H24Cl2N2O4/c1-15-10-16(11-25-21(27)13-29-19-6-2-17(23)3-7-19)12-26(15)22(28)14-30-20-8-4-18(24)5-9-20/h2-9,15-16H,10-14H2,1H3,(H,25,27). The first-order chi connectivity index (χ1) is 14.4.